The molecule has 0 radical (unpaired) electrons. The van der Waals surface area contributed by atoms with Crippen molar-refractivity contribution in [2.24, 2.45) is 0 Å². The first kappa shape index (κ1) is 19.6. The molecule has 3 aromatic rings. The second-order valence-corrected chi connectivity index (χ2v) is 7.44. The van der Waals surface area contributed by atoms with Crippen LogP contribution in [0.2, 0.25) is 10.2 Å². The Balaban J connectivity index is 1.48. The SMILES string of the molecule is Cc1nn(Cc2ccccc2)c(Cl)c1C(=O)NCc1cc(Cl)c2c(c1)OCCO2. The fraction of sp³-hybridized carbons (Fsp3) is 0.238. The van der Waals surface area contributed by atoms with Gasteiger partial charge in [0, 0.05) is 6.54 Å². The molecule has 0 aliphatic carbocycles. The van der Waals surface area contributed by atoms with Gasteiger partial charge in [-0.05, 0) is 30.2 Å². The van der Waals surface area contributed by atoms with Gasteiger partial charge in [0.05, 0.1) is 22.8 Å². The molecule has 0 bridgehead atoms. The minimum absolute atomic E-state index is 0.273. The zero-order valence-electron chi connectivity index (χ0n) is 15.7. The summed E-state index contributed by atoms with van der Waals surface area (Å²) in [4.78, 5) is 12.8. The summed E-state index contributed by atoms with van der Waals surface area (Å²) in [6.07, 6.45) is 0. The molecular weight excluding hydrogens is 413 g/mol. The summed E-state index contributed by atoms with van der Waals surface area (Å²) in [6.45, 7) is 3.46. The second kappa shape index (κ2) is 8.35. The Morgan fingerprint density at radius 1 is 1.14 bits per heavy atom. The van der Waals surface area contributed by atoms with Gasteiger partial charge < -0.3 is 14.8 Å². The summed E-state index contributed by atoms with van der Waals surface area (Å²) in [5.41, 5.74) is 2.79. The van der Waals surface area contributed by atoms with Gasteiger partial charge in [-0.2, -0.15) is 5.10 Å². The van der Waals surface area contributed by atoms with Crippen molar-refractivity contribution in [1.29, 1.82) is 0 Å². The first-order valence-corrected chi connectivity index (χ1v) is 9.91. The summed E-state index contributed by atoms with van der Waals surface area (Å²) in [5.74, 6) is 0.824. The monoisotopic (exact) mass is 431 g/mol. The lowest BCUT2D eigenvalue weighted by atomic mass is 10.1. The van der Waals surface area contributed by atoms with Crippen LogP contribution >= 0.6 is 23.2 Å². The Bertz CT molecular complexity index is 1050. The van der Waals surface area contributed by atoms with E-state index >= 15 is 0 Å². The molecule has 4 rings (SSSR count). The van der Waals surface area contributed by atoms with Crippen LogP contribution in [0, 0.1) is 6.92 Å². The molecule has 150 valence electrons. The predicted molar refractivity (Wildman–Crippen MR) is 111 cm³/mol. The summed E-state index contributed by atoms with van der Waals surface area (Å²) >= 11 is 12.7. The van der Waals surface area contributed by atoms with Gasteiger partial charge in [0.25, 0.3) is 5.91 Å². The minimum atomic E-state index is -0.294. The van der Waals surface area contributed by atoms with Crippen molar-refractivity contribution < 1.29 is 14.3 Å². The number of aryl methyl sites for hydroxylation is 1. The van der Waals surface area contributed by atoms with Crippen molar-refractivity contribution in [3.63, 3.8) is 0 Å². The molecule has 8 heteroatoms. The molecule has 29 heavy (non-hydrogen) atoms. The van der Waals surface area contributed by atoms with E-state index in [1.807, 2.05) is 36.4 Å². The molecule has 6 nitrogen and oxygen atoms in total. The predicted octanol–water partition coefficient (Wildman–Crippen LogP) is 4.25. The van der Waals surface area contributed by atoms with Gasteiger partial charge >= 0.3 is 0 Å². The number of benzene rings is 2. The van der Waals surface area contributed by atoms with E-state index in [4.69, 9.17) is 32.7 Å². The van der Waals surface area contributed by atoms with Gasteiger partial charge in [0.15, 0.2) is 11.5 Å². The Kier molecular flexibility index (Phi) is 5.65. The molecule has 2 aromatic carbocycles. The zero-order valence-corrected chi connectivity index (χ0v) is 17.3. The van der Waals surface area contributed by atoms with E-state index in [1.165, 1.54) is 0 Å². The number of carbonyl (C=O) groups is 1. The first-order valence-electron chi connectivity index (χ1n) is 9.16. The zero-order chi connectivity index (χ0) is 20.4. The van der Waals surface area contributed by atoms with Gasteiger partial charge in [-0.15, -0.1) is 0 Å². The van der Waals surface area contributed by atoms with E-state index in [-0.39, 0.29) is 12.5 Å². The van der Waals surface area contributed by atoms with Gasteiger partial charge in [0.2, 0.25) is 0 Å². The molecule has 0 saturated heterocycles. The molecule has 1 aliphatic rings. The molecule has 1 aliphatic heterocycles. The standard InChI is InChI=1S/C21H19Cl2N3O3/c1-13-18(20(23)26(25-13)12-14-5-3-2-4-6-14)21(27)24-11-15-9-16(22)19-17(10-15)28-7-8-29-19/h2-6,9-10H,7-8,11-12H2,1H3,(H,24,27). The van der Waals surface area contributed by atoms with Gasteiger partial charge in [-0.3, -0.25) is 4.79 Å². The Morgan fingerprint density at radius 2 is 1.90 bits per heavy atom. The number of nitrogens with zero attached hydrogens (tertiary/aromatic N) is 2. The number of rotatable bonds is 5. The second-order valence-electron chi connectivity index (χ2n) is 6.68. The molecule has 1 amide bonds. The van der Waals surface area contributed by atoms with Crippen LogP contribution in [-0.2, 0) is 13.1 Å². The van der Waals surface area contributed by atoms with Crippen LogP contribution in [0.3, 0.4) is 0 Å². The topological polar surface area (TPSA) is 65.4 Å². The number of hydrogen-bond acceptors (Lipinski definition) is 4. The molecule has 2 heterocycles. The van der Waals surface area contributed by atoms with Crippen LogP contribution in [0.5, 0.6) is 11.5 Å². The number of amides is 1. The van der Waals surface area contributed by atoms with Crippen LogP contribution in [0.4, 0.5) is 0 Å². The van der Waals surface area contributed by atoms with Crippen molar-refractivity contribution in [3.8, 4) is 11.5 Å². The highest BCUT2D eigenvalue weighted by Crippen LogP contribution is 2.38. The molecular formula is C21H19Cl2N3O3. The van der Waals surface area contributed by atoms with Crippen molar-refractivity contribution in [2.75, 3.05) is 13.2 Å². The summed E-state index contributed by atoms with van der Waals surface area (Å²) in [7, 11) is 0. The molecule has 1 N–H and O–H groups in total. The summed E-state index contributed by atoms with van der Waals surface area (Å²) in [5, 5.41) is 8.06. The third kappa shape index (κ3) is 4.18. The highest BCUT2D eigenvalue weighted by molar-refractivity contribution is 6.33. The normalized spacial score (nSPS) is 12.7. The molecule has 0 atom stereocenters. The molecule has 0 saturated carbocycles. The maximum Gasteiger partial charge on any atom is 0.256 e. The Morgan fingerprint density at radius 3 is 2.69 bits per heavy atom. The number of hydrogen-bond donors (Lipinski definition) is 1. The van der Waals surface area contributed by atoms with Gasteiger partial charge in [-0.25, -0.2) is 4.68 Å². The number of fused-ring (bicyclic) bond motifs is 1. The third-order valence-electron chi connectivity index (χ3n) is 4.58. The van der Waals surface area contributed by atoms with E-state index in [0.717, 1.165) is 11.1 Å². The van der Waals surface area contributed by atoms with Crippen LogP contribution in [0.15, 0.2) is 42.5 Å². The maximum absolute atomic E-state index is 12.8. The number of halogens is 2. The number of nitrogens with one attached hydrogen (secondary N) is 1. The molecule has 1 aromatic heterocycles. The lowest BCUT2D eigenvalue weighted by molar-refractivity contribution is 0.0950. The van der Waals surface area contributed by atoms with Gasteiger partial charge in [-0.1, -0.05) is 53.5 Å². The van der Waals surface area contributed by atoms with Crippen LogP contribution in [-0.4, -0.2) is 28.9 Å². The van der Waals surface area contributed by atoms with Crippen LogP contribution in [0.1, 0.15) is 27.2 Å². The van der Waals surface area contributed by atoms with Crippen molar-refractivity contribution in [3.05, 3.63) is 75.0 Å². The molecule has 0 unspecified atom stereocenters. The molecule has 0 fully saturated rings. The highest BCUT2D eigenvalue weighted by Gasteiger charge is 2.21. The third-order valence-corrected chi connectivity index (χ3v) is 5.24. The van der Waals surface area contributed by atoms with Crippen LogP contribution < -0.4 is 14.8 Å². The van der Waals surface area contributed by atoms with E-state index in [0.29, 0.717) is 52.7 Å². The highest BCUT2D eigenvalue weighted by atomic mass is 35.5. The van der Waals surface area contributed by atoms with Crippen LogP contribution in [0.25, 0.3) is 0 Å². The first-order chi connectivity index (χ1) is 14.0. The fourth-order valence-corrected chi connectivity index (χ4v) is 3.82. The average molecular weight is 432 g/mol. The largest absolute Gasteiger partial charge is 0.486 e. The lowest BCUT2D eigenvalue weighted by Crippen LogP contribution is -2.24. The van der Waals surface area contributed by atoms with E-state index in [1.54, 1.807) is 17.7 Å². The van der Waals surface area contributed by atoms with E-state index in [2.05, 4.69) is 10.4 Å². The summed E-state index contributed by atoms with van der Waals surface area (Å²) < 4.78 is 12.7. The van der Waals surface area contributed by atoms with E-state index < -0.39 is 0 Å². The number of aromatic nitrogens is 2. The van der Waals surface area contributed by atoms with E-state index in [9.17, 15) is 4.79 Å². The Labute approximate surface area is 178 Å². The minimum Gasteiger partial charge on any atom is -0.486 e. The maximum atomic E-state index is 12.8. The Hall–Kier alpha value is -2.70. The average Bonchev–Trinajstić information content (AvgIpc) is 3.00. The van der Waals surface area contributed by atoms with Gasteiger partial charge in [0.1, 0.15) is 18.4 Å². The smallest absolute Gasteiger partial charge is 0.256 e. The van der Waals surface area contributed by atoms with Crippen molar-refractivity contribution >= 4 is 29.1 Å². The fourth-order valence-electron chi connectivity index (χ4n) is 3.21. The lowest BCUT2D eigenvalue weighted by Gasteiger charge is -2.20. The summed E-state index contributed by atoms with van der Waals surface area (Å²) in [6, 6.07) is 13.4. The number of ether oxygens (including phenoxy) is 2. The van der Waals surface area contributed by atoms with Crippen molar-refractivity contribution in [1.82, 2.24) is 15.1 Å². The quantitative estimate of drug-likeness (QED) is 0.655. The van der Waals surface area contributed by atoms with Crippen molar-refractivity contribution in [2.45, 2.75) is 20.0 Å². The molecule has 0 spiro atoms. The number of carbonyl (C=O) groups excluding carboxylic acids is 1.